The first-order chi connectivity index (χ1) is 8.20. The lowest BCUT2D eigenvalue weighted by atomic mass is 10.0. The molecular weight excluding hydrogens is 212 g/mol. The number of allylic oxidation sites excluding steroid dienone is 4. The van der Waals surface area contributed by atoms with Gasteiger partial charge in [-0.2, -0.15) is 0 Å². The highest BCUT2D eigenvalue weighted by atomic mass is 16.5. The van der Waals surface area contributed by atoms with E-state index in [4.69, 9.17) is 4.74 Å². The number of ether oxygens (including phenoxy) is 1. The van der Waals surface area contributed by atoms with Crippen LogP contribution in [-0.4, -0.2) is 12.9 Å². The van der Waals surface area contributed by atoms with Gasteiger partial charge >= 0.3 is 0 Å². The molecule has 1 aromatic carbocycles. The third-order valence-electron chi connectivity index (χ3n) is 3.06. The molecule has 1 aliphatic carbocycles. The summed E-state index contributed by atoms with van der Waals surface area (Å²) in [5.41, 5.74) is 3.16. The van der Waals surface area contributed by atoms with Crippen molar-refractivity contribution in [3.05, 3.63) is 53.1 Å². The maximum atomic E-state index is 12.1. The summed E-state index contributed by atoms with van der Waals surface area (Å²) in [6.07, 6.45) is 5.59. The third-order valence-corrected chi connectivity index (χ3v) is 3.06. The van der Waals surface area contributed by atoms with E-state index in [-0.39, 0.29) is 5.78 Å². The Bertz CT molecular complexity index is 495. The number of carbonyl (C=O) groups excluding carboxylic acids is 1. The van der Waals surface area contributed by atoms with Crippen LogP contribution >= 0.6 is 0 Å². The summed E-state index contributed by atoms with van der Waals surface area (Å²) in [4.78, 5) is 12.1. The lowest BCUT2D eigenvalue weighted by Gasteiger charge is -2.05. The predicted molar refractivity (Wildman–Crippen MR) is 68.4 cm³/mol. The SMILES string of the molecule is COc1cccc(C(=O)CC2=C(C)C=CC2)c1. The van der Waals surface area contributed by atoms with Crippen molar-refractivity contribution in [3.8, 4) is 5.75 Å². The van der Waals surface area contributed by atoms with Crippen LogP contribution in [0.25, 0.3) is 0 Å². The van der Waals surface area contributed by atoms with E-state index in [1.807, 2.05) is 18.2 Å². The number of rotatable bonds is 4. The second-order valence-electron chi connectivity index (χ2n) is 4.22. The van der Waals surface area contributed by atoms with Gasteiger partial charge in [0.25, 0.3) is 0 Å². The fraction of sp³-hybridized carbons (Fsp3) is 0.267. The van der Waals surface area contributed by atoms with Gasteiger partial charge < -0.3 is 4.74 Å². The number of benzene rings is 1. The standard InChI is InChI=1S/C15H16O2/c1-11-5-3-6-12(11)10-15(16)13-7-4-8-14(9-13)17-2/h3-5,7-9H,6,10H2,1-2H3. The van der Waals surface area contributed by atoms with Gasteiger partial charge in [-0.05, 0) is 25.5 Å². The van der Waals surface area contributed by atoms with Crippen molar-refractivity contribution in [1.82, 2.24) is 0 Å². The van der Waals surface area contributed by atoms with E-state index in [9.17, 15) is 4.79 Å². The minimum absolute atomic E-state index is 0.155. The molecule has 0 unspecified atom stereocenters. The van der Waals surface area contributed by atoms with Gasteiger partial charge in [0.2, 0.25) is 0 Å². The molecule has 2 rings (SSSR count). The Balaban J connectivity index is 2.12. The first-order valence-corrected chi connectivity index (χ1v) is 5.73. The second kappa shape index (κ2) is 5.00. The van der Waals surface area contributed by atoms with Gasteiger partial charge in [0, 0.05) is 12.0 Å². The molecule has 0 saturated carbocycles. The summed E-state index contributed by atoms with van der Waals surface area (Å²) in [7, 11) is 1.61. The molecule has 2 nitrogen and oxygen atoms in total. The maximum absolute atomic E-state index is 12.1. The number of hydrogen-bond acceptors (Lipinski definition) is 2. The van der Waals surface area contributed by atoms with Gasteiger partial charge in [-0.3, -0.25) is 4.79 Å². The van der Waals surface area contributed by atoms with Gasteiger partial charge in [0.1, 0.15) is 5.75 Å². The van der Waals surface area contributed by atoms with Crippen LogP contribution in [0.1, 0.15) is 30.1 Å². The highest BCUT2D eigenvalue weighted by Crippen LogP contribution is 2.24. The van der Waals surface area contributed by atoms with Gasteiger partial charge in [-0.1, -0.05) is 35.4 Å². The van der Waals surface area contributed by atoms with Gasteiger partial charge in [0.05, 0.1) is 7.11 Å². The molecule has 0 heterocycles. The predicted octanol–water partition coefficient (Wildman–Crippen LogP) is 3.54. The number of hydrogen-bond donors (Lipinski definition) is 0. The molecule has 0 radical (unpaired) electrons. The first-order valence-electron chi connectivity index (χ1n) is 5.73. The van der Waals surface area contributed by atoms with Gasteiger partial charge in [-0.15, -0.1) is 0 Å². The van der Waals surface area contributed by atoms with Crippen LogP contribution < -0.4 is 4.74 Å². The van der Waals surface area contributed by atoms with E-state index in [2.05, 4.69) is 19.1 Å². The molecule has 1 aromatic rings. The van der Waals surface area contributed by atoms with Crippen molar-refractivity contribution in [3.63, 3.8) is 0 Å². The zero-order valence-corrected chi connectivity index (χ0v) is 10.2. The molecule has 0 aliphatic heterocycles. The van der Waals surface area contributed by atoms with Crippen molar-refractivity contribution in [1.29, 1.82) is 0 Å². The van der Waals surface area contributed by atoms with Crippen molar-refractivity contribution in [2.45, 2.75) is 19.8 Å². The Hall–Kier alpha value is -1.83. The van der Waals surface area contributed by atoms with E-state index >= 15 is 0 Å². The lowest BCUT2D eigenvalue weighted by molar-refractivity contribution is 0.0992. The Kier molecular flexibility index (Phi) is 3.43. The van der Waals surface area contributed by atoms with Gasteiger partial charge in [0.15, 0.2) is 5.78 Å². The molecule has 0 bridgehead atoms. The average molecular weight is 228 g/mol. The molecule has 1 aliphatic rings. The maximum Gasteiger partial charge on any atom is 0.167 e. The molecule has 0 saturated heterocycles. The highest BCUT2D eigenvalue weighted by molar-refractivity contribution is 5.98. The molecule has 2 heteroatoms. The summed E-state index contributed by atoms with van der Waals surface area (Å²) >= 11 is 0. The fourth-order valence-electron chi connectivity index (χ4n) is 1.96. The van der Waals surface area contributed by atoms with Crippen LogP contribution in [0, 0.1) is 0 Å². The minimum atomic E-state index is 0.155. The largest absolute Gasteiger partial charge is 0.497 e. The average Bonchev–Trinajstić information content (AvgIpc) is 2.75. The topological polar surface area (TPSA) is 26.3 Å². The van der Waals surface area contributed by atoms with Crippen molar-refractivity contribution < 1.29 is 9.53 Å². The van der Waals surface area contributed by atoms with Crippen LogP contribution in [0.3, 0.4) is 0 Å². The van der Waals surface area contributed by atoms with Gasteiger partial charge in [-0.25, -0.2) is 0 Å². The van der Waals surface area contributed by atoms with E-state index < -0.39 is 0 Å². The van der Waals surface area contributed by atoms with E-state index in [1.54, 1.807) is 13.2 Å². The van der Waals surface area contributed by atoms with Crippen LogP contribution in [0.2, 0.25) is 0 Å². The van der Waals surface area contributed by atoms with Crippen LogP contribution in [0.15, 0.2) is 47.6 Å². The Morgan fingerprint density at radius 2 is 2.24 bits per heavy atom. The number of carbonyl (C=O) groups is 1. The molecule has 17 heavy (non-hydrogen) atoms. The minimum Gasteiger partial charge on any atom is -0.497 e. The Morgan fingerprint density at radius 1 is 1.41 bits per heavy atom. The quantitative estimate of drug-likeness (QED) is 0.737. The lowest BCUT2D eigenvalue weighted by Crippen LogP contribution is -2.01. The van der Waals surface area contributed by atoms with E-state index in [0.29, 0.717) is 6.42 Å². The molecule has 0 atom stereocenters. The molecular formula is C15H16O2. The summed E-state index contributed by atoms with van der Waals surface area (Å²) in [6.45, 7) is 2.05. The van der Waals surface area contributed by atoms with Crippen molar-refractivity contribution >= 4 is 5.78 Å². The molecule has 0 spiro atoms. The Labute approximate surface area is 102 Å². The third kappa shape index (κ3) is 2.64. The van der Waals surface area contributed by atoms with Crippen LogP contribution in [0.4, 0.5) is 0 Å². The number of Topliss-reactive ketones (excluding diaryl/α,β-unsaturated/α-hetero) is 1. The molecule has 88 valence electrons. The molecule has 0 amide bonds. The summed E-state index contributed by atoms with van der Waals surface area (Å²) in [5, 5.41) is 0. The van der Waals surface area contributed by atoms with Crippen LogP contribution in [0.5, 0.6) is 5.75 Å². The normalized spacial score (nSPS) is 14.2. The fourth-order valence-corrected chi connectivity index (χ4v) is 1.96. The summed E-state index contributed by atoms with van der Waals surface area (Å²) in [5.74, 6) is 0.882. The monoisotopic (exact) mass is 228 g/mol. The molecule has 0 N–H and O–H groups in total. The van der Waals surface area contributed by atoms with E-state index in [1.165, 1.54) is 11.1 Å². The smallest absolute Gasteiger partial charge is 0.167 e. The molecule has 0 aromatic heterocycles. The summed E-state index contributed by atoms with van der Waals surface area (Å²) in [6, 6.07) is 7.32. The summed E-state index contributed by atoms with van der Waals surface area (Å²) < 4.78 is 5.12. The Morgan fingerprint density at radius 3 is 2.88 bits per heavy atom. The molecule has 0 fully saturated rings. The second-order valence-corrected chi connectivity index (χ2v) is 4.22. The number of methoxy groups -OCH3 is 1. The van der Waals surface area contributed by atoms with E-state index in [0.717, 1.165) is 17.7 Å². The van der Waals surface area contributed by atoms with Crippen molar-refractivity contribution in [2.24, 2.45) is 0 Å². The number of ketones is 1. The first kappa shape index (κ1) is 11.6. The van der Waals surface area contributed by atoms with Crippen LogP contribution in [-0.2, 0) is 0 Å². The highest BCUT2D eigenvalue weighted by Gasteiger charge is 2.12. The zero-order valence-electron chi connectivity index (χ0n) is 10.2. The zero-order chi connectivity index (χ0) is 12.3. The van der Waals surface area contributed by atoms with Crippen molar-refractivity contribution in [2.75, 3.05) is 7.11 Å².